The molecule has 7 heteroatoms. The topological polar surface area (TPSA) is 75.1 Å². The van der Waals surface area contributed by atoms with Crippen LogP contribution in [-0.4, -0.2) is 27.5 Å². The highest BCUT2D eigenvalue weighted by Gasteiger charge is 2.10. The van der Waals surface area contributed by atoms with Crippen LogP contribution >= 0.6 is 23.2 Å². The number of nitrogens with one attached hydrogen (secondary N) is 1. The van der Waals surface area contributed by atoms with E-state index in [2.05, 4.69) is 15.3 Å². The van der Waals surface area contributed by atoms with E-state index in [1.165, 1.54) is 12.4 Å². The molecule has 0 fully saturated rings. The normalized spacial score (nSPS) is 12.3. The second-order valence-electron chi connectivity index (χ2n) is 4.43. The molecule has 5 nitrogen and oxygen atoms in total. The molecule has 2 aromatic rings. The second kappa shape index (κ2) is 7.89. The van der Waals surface area contributed by atoms with Gasteiger partial charge in [-0.3, -0.25) is 4.79 Å². The Labute approximate surface area is 137 Å². The average Bonchev–Trinajstić information content (AvgIpc) is 2.50. The third kappa shape index (κ3) is 5.11. The largest absolute Gasteiger partial charge is 0.387 e. The molecule has 0 aliphatic rings. The van der Waals surface area contributed by atoms with Crippen molar-refractivity contribution < 1.29 is 9.90 Å². The summed E-state index contributed by atoms with van der Waals surface area (Å²) >= 11 is 11.7. The smallest absolute Gasteiger partial charge is 0.244 e. The van der Waals surface area contributed by atoms with E-state index in [0.29, 0.717) is 21.3 Å². The Morgan fingerprint density at radius 1 is 1.32 bits per heavy atom. The lowest BCUT2D eigenvalue weighted by Crippen LogP contribution is -2.26. The van der Waals surface area contributed by atoms with Crippen LogP contribution in [0.5, 0.6) is 0 Å². The Hall–Kier alpha value is -1.95. The number of rotatable bonds is 5. The molecule has 0 spiro atoms. The molecular formula is C15H13Cl2N3O2. The first kappa shape index (κ1) is 16.4. The highest BCUT2D eigenvalue weighted by molar-refractivity contribution is 6.34. The number of hydrogen-bond donors (Lipinski definition) is 2. The summed E-state index contributed by atoms with van der Waals surface area (Å²) in [6.07, 6.45) is 4.97. The minimum atomic E-state index is -0.896. The fourth-order valence-electron chi connectivity index (χ4n) is 1.70. The Morgan fingerprint density at radius 2 is 2.05 bits per heavy atom. The highest BCUT2D eigenvalue weighted by atomic mass is 35.5. The number of aromatic nitrogens is 2. The van der Waals surface area contributed by atoms with E-state index in [1.54, 1.807) is 36.5 Å². The van der Waals surface area contributed by atoms with Crippen LogP contribution in [0.1, 0.15) is 17.4 Å². The molecule has 2 N–H and O–H groups in total. The molecule has 1 aromatic heterocycles. The predicted molar refractivity (Wildman–Crippen MR) is 85.5 cm³/mol. The van der Waals surface area contributed by atoms with Gasteiger partial charge < -0.3 is 10.4 Å². The summed E-state index contributed by atoms with van der Waals surface area (Å²) < 4.78 is 0. The lowest BCUT2D eigenvalue weighted by molar-refractivity contribution is -0.116. The number of aliphatic hydroxyl groups is 1. The molecule has 2 rings (SSSR count). The van der Waals surface area contributed by atoms with E-state index in [9.17, 15) is 9.90 Å². The quantitative estimate of drug-likeness (QED) is 0.822. The van der Waals surface area contributed by atoms with Crippen LogP contribution < -0.4 is 5.32 Å². The summed E-state index contributed by atoms with van der Waals surface area (Å²) in [6, 6.07) is 6.44. The van der Waals surface area contributed by atoms with Gasteiger partial charge >= 0.3 is 0 Å². The van der Waals surface area contributed by atoms with Crippen LogP contribution in [0.25, 0.3) is 6.08 Å². The summed E-state index contributed by atoms with van der Waals surface area (Å²) in [6.45, 7) is 0.0453. The minimum absolute atomic E-state index is 0.0453. The van der Waals surface area contributed by atoms with E-state index in [0.717, 1.165) is 0 Å². The van der Waals surface area contributed by atoms with Crippen molar-refractivity contribution in [3.63, 3.8) is 0 Å². The fourth-order valence-corrected chi connectivity index (χ4v) is 2.25. The summed E-state index contributed by atoms with van der Waals surface area (Å²) in [5.41, 5.74) is 1.16. The van der Waals surface area contributed by atoms with Gasteiger partial charge in [0.05, 0.1) is 11.8 Å². The van der Waals surface area contributed by atoms with Crippen LogP contribution in [0.2, 0.25) is 10.0 Å². The van der Waals surface area contributed by atoms with Gasteiger partial charge in [-0.1, -0.05) is 23.2 Å². The number of amides is 1. The first-order valence-electron chi connectivity index (χ1n) is 6.40. The summed E-state index contributed by atoms with van der Waals surface area (Å²) in [4.78, 5) is 19.4. The van der Waals surface area contributed by atoms with E-state index in [1.807, 2.05) is 0 Å². The van der Waals surface area contributed by atoms with Gasteiger partial charge in [0.2, 0.25) is 5.91 Å². The molecule has 22 heavy (non-hydrogen) atoms. The van der Waals surface area contributed by atoms with Gasteiger partial charge in [-0.2, -0.15) is 0 Å². The van der Waals surface area contributed by atoms with E-state index in [-0.39, 0.29) is 12.5 Å². The highest BCUT2D eigenvalue weighted by Crippen LogP contribution is 2.23. The minimum Gasteiger partial charge on any atom is -0.387 e. The maximum atomic E-state index is 11.7. The first-order chi connectivity index (χ1) is 10.5. The van der Waals surface area contributed by atoms with Crippen molar-refractivity contribution in [1.82, 2.24) is 15.3 Å². The van der Waals surface area contributed by atoms with Gasteiger partial charge in [-0.05, 0) is 35.9 Å². The Balaban J connectivity index is 1.89. The van der Waals surface area contributed by atoms with E-state index in [4.69, 9.17) is 23.2 Å². The van der Waals surface area contributed by atoms with Gasteiger partial charge in [0.15, 0.2) is 0 Å². The van der Waals surface area contributed by atoms with Crippen LogP contribution in [0.4, 0.5) is 0 Å². The van der Waals surface area contributed by atoms with Crippen LogP contribution in [0, 0.1) is 0 Å². The Kier molecular flexibility index (Phi) is 5.89. The van der Waals surface area contributed by atoms with Crippen molar-refractivity contribution in [2.24, 2.45) is 0 Å². The predicted octanol–water partition coefficient (Wildman–Crippen LogP) is 2.65. The molecule has 0 radical (unpaired) electrons. The molecule has 114 valence electrons. The standard InChI is InChI=1S/C15H13Cl2N3O2/c16-11-5-10(6-12(17)7-11)14(21)8-19-15(22)2-1-13-3-4-18-9-20-13/h1-7,9,14,21H,8H2,(H,19,22)/b2-1+. The third-order valence-corrected chi connectivity index (χ3v) is 3.19. The van der Waals surface area contributed by atoms with Gasteiger partial charge in [0.1, 0.15) is 6.33 Å². The zero-order chi connectivity index (χ0) is 15.9. The molecule has 0 saturated heterocycles. The molecule has 0 aliphatic heterocycles. The van der Waals surface area contributed by atoms with E-state index >= 15 is 0 Å². The number of carbonyl (C=O) groups is 1. The van der Waals surface area contributed by atoms with Crippen LogP contribution in [0.3, 0.4) is 0 Å². The van der Waals surface area contributed by atoms with Gasteiger partial charge in [-0.25, -0.2) is 9.97 Å². The zero-order valence-corrected chi connectivity index (χ0v) is 12.9. The molecule has 0 aliphatic carbocycles. The molecule has 0 bridgehead atoms. The van der Waals surface area contributed by atoms with Crippen molar-refractivity contribution in [3.05, 3.63) is 64.2 Å². The maximum absolute atomic E-state index is 11.7. The van der Waals surface area contributed by atoms with Gasteiger partial charge in [-0.15, -0.1) is 0 Å². The SMILES string of the molecule is O=C(/C=C/c1ccncn1)NCC(O)c1cc(Cl)cc(Cl)c1. The number of benzene rings is 1. The zero-order valence-electron chi connectivity index (χ0n) is 11.4. The van der Waals surface area contributed by atoms with Crippen LogP contribution in [-0.2, 0) is 4.79 Å². The number of hydrogen-bond acceptors (Lipinski definition) is 4. The van der Waals surface area contributed by atoms with Crippen LogP contribution in [0.15, 0.2) is 42.9 Å². The van der Waals surface area contributed by atoms with Crippen molar-refractivity contribution in [3.8, 4) is 0 Å². The third-order valence-electron chi connectivity index (χ3n) is 2.75. The summed E-state index contributed by atoms with van der Waals surface area (Å²) in [5.74, 6) is -0.342. The molecule has 1 unspecified atom stereocenters. The van der Waals surface area contributed by atoms with Gasteiger partial charge in [0.25, 0.3) is 0 Å². The summed E-state index contributed by atoms with van der Waals surface area (Å²) in [5, 5.41) is 13.5. The lowest BCUT2D eigenvalue weighted by Gasteiger charge is -2.12. The number of aliphatic hydroxyl groups excluding tert-OH is 1. The molecule has 1 aromatic carbocycles. The second-order valence-corrected chi connectivity index (χ2v) is 5.30. The first-order valence-corrected chi connectivity index (χ1v) is 7.16. The monoisotopic (exact) mass is 337 g/mol. The molecule has 1 atom stereocenters. The Bertz CT molecular complexity index is 657. The maximum Gasteiger partial charge on any atom is 0.244 e. The van der Waals surface area contributed by atoms with Crippen molar-refractivity contribution in [1.29, 1.82) is 0 Å². The molecule has 1 heterocycles. The molecular weight excluding hydrogens is 325 g/mol. The average molecular weight is 338 g/mol. The fraction of sp³-hybridized carbons (Fsp3) is 0.133. The van der Waals surface area contributed by atoms with Gasteiger partial charge in [0, 0.05) is 28.9 Å². The molecule has 1 amide bonds. The molecule has 0 saturated carbocycles. The van der Waals surface area contributed by atoms with Crippen molar-refractivity contribution in [2.75, 3.05) is 6.54 Å². The Morgan fingerprint density at radius 3 is 2.68 bits per heavy atom. The van der Waals surface area contributed by atoms with Crippen molar-refractivity contribution >= 4 is 35.2 Å². The number of nitrogens with zero attached hydrogens (tertiary/aromatic N) is 2. The number of halogens is 2. The van der Waals surface area contributed by atoms with E-state index < -0.39 is 6.10 Å². The lowest BCUT2D eigenvalue weighted by atomic mass is 10.1. The van der Waals surface area contributed by atoms with Crippen molar-refractivity contribution in [2.45, 2.75) is 6.10 Å². The number of carbonyl (C=O) groups excluding carboxylic acids is 1. The summed E-state index contributed by atoms with van der Waals surface area (Å²) in [7, 11) is 0.